The van der Waals surface area contributed by atoms with Crippen molar-refractivity contribution in [2.45, 2.75) is 6.18 Å². The number of nitrogens with one attached hydrogen (secondary N) is 2. The Morgan fingerprint density at radius 1 is 1.13 bits per heavy atom. The molecule has 0 aliphatic carbocycles. The second-order valence-corrected chi connectivity index (χ2v) is 4.84. The van der Waals surface area contributed by atoms with E-state index in [1.165, 1.54) is 18.2 Å². The molecule has 4 rings (SSSR count). The Bertz CT molecular complexity index is 1000. The van der Waals surface area contributed by atoms with Crippen molar-refractivity contribution in [2.24, 2.45) is 0 Å². The standard InChI is InChI=1S/C14H8F3N5O/c15-14(16,17)11-8-4-3-7(6-10(8)23-22-11)19-13-9-2-1-5-18-12(9)20-21-13/h1-6H,(H2,18,19,20,21). The second kappa shape index (κ2) is 4.70. The molecule has 0 amide bonds. The van der Waals surface area contributed by atoms with Crippen LogP contribution in [0.3, 0.4) is 0 Å². The maximum absolute atomic E-state index is 12.8. The smallest absolute Gasteiger partial charge is 0.356 e. The first-order chi connectivity index (χ1) is 11.0. The first-order valence-electron chi connectivity index (χ1n) is 6.55. The van der Waals surface area contributed by atoms with Crippen LogP contribution in [0.15, 0.2) is 41.1 Å². The van der Waals surface area contributed by atoms with Gasteiger partial charge in [0.1, 0.15) is 0 Å². The van der Waals surface area contributed by atoms with E-state index in [0.29, 0.717) is 17.2 Å². The number of pyridine rings is 1. The van der Waals surface area contributed by atoms with Crippen LogP contribution >= 0.6 is 0 Å². The van der Waals surface area contributed by atoms with Gasteiger partial charge in [-0.1, -0.05) is 5.16 Å². The molecule has 0 bridgehead atoms. The summed E-state index contributed by atoms with van der Waals surface area (Å²) in [5, 5.41) is 13.6. The molecule has 0 saturated heterocycles. The highest BCUT2D eigenvalue weighted by atomic mass is 19.4. The van der Waals surface area contributed by atoms with E-state index in [2.05, 4.69) is 25.7 Å². The van der Waals surface area contributed by atoms with Crippen molar-refractivity contribution in [1.82, 2.24) is 20.3 Å². The summed E-state index contributed by atoms with van der Waals surface area (Å²) < 4.78 is 43.1. The number of hydrogen-bond acceptors (Lipinski definition) is 5. The molecule has 0 atom stereocenters. The van der Waals surface area contributed by atoms with Gasteiger partial charge in [-0.15, -0.1) is 0 Å². The fraction of sp³-hybridized carbons (Fsp3) is 0.0714. The summed E-state index contributed by atoms with van der Waals surface area (Å²) in [6.07, 6.45) is -2.92. The predicted molar refractivity (Wildman–Crippen MR) is 76.2 cm³/mol. The number of halogens is 3. The normalized spacial score (nSPS) is 12.1. The third-order valence-corrected chi connectivity index (χ3v) is 3.34. The lowest BCUT2D eigenvalue weighted by Gasteiger charge is -2.04. The number of H-pyrrole nitrogens is 1. The summed E-state index contributed by atoms with van der Waals surface area (Å²) in [5.41, 5.74) is 0.142. The first-order valence-corrected chi connectivity index (χ1v) is 6.55. The second-order valence-electron chi connectivity index (χ2n) is 4.84. The van der Waals surface area contributed by atoms with Gasteiger partial charge in [-0.3, -0.25) is 5.10 Å². The quantitative estimate of drug-likeness (QED) is 0.586. The van der Waals surface area contributed by atoms with Crippen molar-refractivity contribution in [1.29, 1.82) is 0 Å². The molecule has 3 heterocycles. The van der Waals surface area contributed by atoms with Crippen LogP contribution in [0.2, 0.25) is 0 Å². The van der Waals surface area contributed by atoms with Crippen molar-refractivity contribution in [3.05, 3.63) is 42.2 Å². The number of benzene rings is 1. The van der Waals surface area contributed by atoms with Crippen LogP contribution in [-0.2, 0) is 6.18 Å². The minimum absolute atomic E-state index is 0.0419. The topological polar surface area (TPSA) is 79.6 Å². The molecule has 6 nitrogen and oxygen atoms in total. The number of alkyl halides is 3. The molecule has 2 N–H and O–H groups in total. The number of hydrogen-bond donors (Lipinski definition) is 2. The van der Waals surface area contributed by atoms with Crippen molar-refractivity contribution < 1.29 is 17.7 Å². The molecular weight excluding hydrogens is 311 g/mol. The van der Waals surface area contributed by atoms with Crippen LogP contribution in [0, 0.1) is 0 Å². The zero-order chi connectivity index (χ0) is 16.0. The fourth-order valence-electron chi connectivity index (χ4n) is 2.31. The van der Waals surface area contributed by atoms with E-state index in [4.69, 9.17) is 4.52 Å². The van der Waals surface area contributed by atoms with Crippen LogP contribution in [0.25, 0.3) is 22.0 Å². The lowest BCUT2D eigenvalue weighted by molar-refractivity contribution is -0.141. The van der Waals surface area contributed by atoms with Gasteiger partial charge in [0.15, 0.2) is 22.7 Å². The molecule has 0 spiro atoms. The van der Waals surface area contributed by atoms with Crippen molar-refractivity contribution in [2.75, 3.05) is 5.32 Å². The van der Waals surface area contributed by atoms with E-state index in [1.54, 1.807) is 12.3 Å². The molecule has 0 aliphatic rings. The van der Waals surface area contributed by atoms with Crippen LogP contribution in [0.1, 0.15) is 5.69 Å². The van der Waals surface area contributed by atoms with E-state index in [0.717, 1.165) is 5.39 Å². The number of rotatable bonds is 2. The molecule has 0 unspecified atom stereocenters. The highest BCUT2D eigenvalue weighted by Crippen LogP contribution is 2.35. The zero-order valence-electron chi connectivity index (χ0n) is 11.3. The molecule has 0 aliphatic heterocycles. The summed E-state index contributed by atoms with van der Waals surface area (Å²) in [7, 11) is 0. The SMILES string of the molecule is FC(F)(F)c1noc2cc(Nc3n[nH]c4ncccc34)ccc12. The molecule has 0 saturated carbocycles. The van der Waals surface area contributed by atoms with Crippen LogP contribution in [0.4, 0.5) is 24.7 Å². The van der Waals surface area contributed by atoms with Gasteiger partial charge in [0.25, 0.3) is 0 Å². The van der Waals surface area contributed by atoms with Crippen molar-refractivity contribution in [3.8, 4) is 0 Å². The number of nitrogens with zero attached hydrogens (tertiary/aromatic N) is 3. The van der Waals surface area contributed by atoms with Crippen LogP contribution < -0.4 is 5.32 Å². The number of anilines is 2. The molecule has 1 aromatic carbocycles. The van der Waals surface area contributed by atoms with Gasteiger partial charge in [0.05, 0.1) is 10.8 Å². The Morgan fingerprint density at radius 3 is 2.83 bits per heavy atom. The Morgan fingerprint density at radius 2 is 2.00 bits per heavy atom. The Labute approximate surface area is 126 Å². The molecular formula is C14H8F3N5O. The van der Waals surface area contributed by atoms with Crippen molar-refractivity contribution in [3.63, 3.8) is 0 Å². The van der Waals surface area contributed by atoms with Crippen molar-refractivity contribution >= 4 is 33.5 Å². The maximum atomic E-state index is 12.8. The Kier molecular flexibility index (Phi) is 2.77. The highest BCUT2D eigenvalue weighted by Gasteiger charge is 2.37. The summed E-state index contributed by atoms with van der Waals surface area (Å²) >= 11 is 0. The molecule has 4 aromatic rings. The lowest BCUT2D eigenvalue weighted by Crippen LogP contribution is -2.05. The average molecular weight is 319 g/mol. The molecule has 0 fully saturated rings. The van der Waals surface area contributed by atoms with Gasteiger partial charge in [0, 0.05) is 18.0 Å². The van der Waals surface area contributed by atoms with Gasteiger partial charge >= 0.3 is 6.18 Å². The van der Waals surface area contributed by atoms with Gasteiger partial charge < -0.3 is 9.84 Å². The summed E-state index contributed by atoms with van der Waals surface area (Å²) in [5.74, 6) is 0.517. The largest absolute Gasteiger partial charge is 0.437 e. The van der Waals surface area contributed by atoms with Gasteiger partial charge in [0.2, 0.25) is 0 Å². The number of aromatic nitrogens is 4. The number of fused-ring (bicyclic) bond motifs is 2. The average Bonchev–Trinajstić information content (AvgIpc) is 3.11. The van der Waals surface area contributed by atoms with E-state index < -0.39 is 11.9 Å². The van der Waals surface area contributed by atoms with E-state index >= 15 is 0 Å². The van der Waals surface area contributed by atoms with E-state index in [9.17, 15) is 13.2 Å². The minimum atomic E-state index is -4.55. The van der Waals surface area contributed by atoms with Gasteiger partial charge in [-0.25, -0.2) is 4.98 Å². The van der Waals surface area contributed by atoms with Gasteiger partial charge in [-0.05, 0) is 24.3 Å². The molecule has 3 aromatic heterocycles. The summed E-state index contributed by atoms with van der Waals surface area (Å²) in [6, 6.07) is 7.84. The molecule has 23 heavy (non-hydrogen) atoms. The van der Waals surface area contributed by atoms with Gasteiger partial charge in [-0.2, -0.15) is 18.3 Å². The maximum Gasteiger partial charge on any atom is 0.437 e. The third kappa shape index (κ3) is 2.26. The third-order valence-electron chi connectivity index (χ3n) is 3.34. The van der Waals surface area contributed by atoms with E-state index in [1.807, 2.05) is 6.07 Å². The monoisotopic (exact) mass is 319 g/mol. The highest BCUT2D eigenvalue weighted by molar-refractivity contribution is 5.90. The number of aromatic amines is 1. The summed E-state index contributed by atoms with van der Waals surface area (Å²) in [4.78, 5) is 4.11. The fourth-order valence-corrected chi connectivity index (χ4v) is 2.31. The predicted octanol–water partition coefficient (Wildman–Crippen LogP) is 3.86. The van der Waals surface area contributed by atoms with Crippen LogP contribution in [-0.4, -0.2) is 20.3 Å². The molecule has 0 radical (unpaired) electrons. The zero-order valence-corrected chi connectivity index (χ0v) is 11.3. The Balaban J connectivity index is 1.73. The molecule has 9 heteroatoms. The minimum Gasteiger partial charge on any atom is -0.356 e. The summed E-state index contributed by atoms with van der Waals surface area (Å²) in [6.45, 7) is 0. The van der Waals surface area contributed by atoms with Crippen LogP contribution in [0.5, 0.6) is 0 Å². The molecule has 116 valence electrons. The lowest BCUT2D eigenvalue weighted by atomic mass is 10.2. The Hall–Kier alpha value is -3.10. The van der Waals surface area contributed by atoms with E-state index in [-0.39, 0.29) is 11.0 Å². The first kappa shape index (κ1) is 13.6.